The number of unbranched alkanes of at least 4 members (excludes halogenated alkanes) is 5. The van der Waals surface area contributed by atoms with Crippen LogP contribution in [0.25, 0.3) is 0 Å². The van der Waals surface area contributed by atoms with E-state index in [9.17, 15) is 0 Å². The molecule has 19 heavy (non-hydrogen) atoms. The lowest BCUT2D eigenvalue weighted by Gasteiger charge is -2.17. The molecule has 1 unspecified atom stereocenters. The van der Waals surface area contributed by atoms with Crippen LogP contribution in [0.15, 0.2) is 12.1 Å². The van der Waals surface area contributed by atoms with Crippen LogP contribution in [0.4, 0.5) is 0 Å². The first-order chi connectivity index (χ1) is 9.26. The second kappa shape index (κ2) is 10.7. The molecule has 110 valence electrons. The second-order valence-corrected chi connectivity index (χ2v) is 7.02. The summed E-state index contributed by atoms with van der Waals surface area (Å²) >= 11 is 7.71. The lowest BCUT2D eigenvalue weighted by molar-refractivity contribution is 0.461. The summed E-state index contributed by atoms with van der Waals surface area (Å²) in [4.78, 5) is 1.40. The van der Waals surface area contributed by atoms with Crippen LogP contribution in [0.2, 0.25) is 4.34 Å². The topological polar surface area (TPSA) is 12.0 Å². The molecule has 1 aromatic rings. The zero-order valence-electron chi connectivity index (χ0n) is 12.4. The Hall–Kier alpha value is -0.0500. The highest BCUT2D eigenvalue weighted by atomic mass is 35.5. The quantitative estimate of drug-likeness (QED) is 0.519. The molecular weight excluding hydrogens is 274 g/mol. The van der Waals surface area contributed by atoms with Crippen LogP contribution in [0.1, 0.15) is 63.7 Å². The highest BCUT2D eigenvalue weighted by molar-refractivity contribution is 7.16. The van der Waals surface area contributed by atoms with E-state index in [0.29, 0.717) is 6.04 Å². The van der Waals surface area contributed by atoms with Gasteiger partial charge in [0.1, 0.15) is 0 Å². The molecule has 1 aromatic heterocycles. The molecule has 0 spiro atoms. The summed E-state index contributed by atoms with van der Waals surface area (Å²) in [6.07, 6.45) is 10.7. The summed E-state index contributed by atoms with van der Waals surface area (Å²) in [6, 6.07) is 4.79. The average molecular weight is 302 g/mol. The minimum Gasteiger partial charge on any atom is -0.314 e. The summed E-state index contributed by atoms with van der Waals surface area (Å²) in [5.41, 5.74) is 0. The fraction of sp³-hybridized carbons (Fsp3) is 0.750. The van der Waals surface area contributed by atoms with Gasteiger partial charge in [0.25, 0.3) is 0 Å². The fourth-order valence-electron chi connectivity index (χ4n) is 2.44. The first-order valence-corrected chi connectivity index (χ1v) is 8.93. The molecule has 0 aromatic carbocycles. The van der Waals surface area contributed by atoms with Gasteiger partial charge in [-0.15, -0.1) is 11.3 Å². The molecule has 1 nitrogen and oxygen atoms in total. The van der Waals surface area contributed by atoms with Gasteiger partial charge in [-0.05, 0) is 31.5 Å². The van der Waals surface area contributed by atoms with Gasteiger partial charge in [0.15, 0.2) is 0 Å². The first-order valence-electron chi connectivity index (χ1n) is 7.73. The fourth-order valence-corrected chi connectivity index (χ4v) is 3.61. The number of nitrogens with one attached hydrogen (secondary N) is 1. The van der Waals surface area contributed by atoms with Crippen LogP contribution in [-0.4, -0.2) is 12.6 Å². The maximum atomic E-state index is 5.99. The lowest BCUT2D eigenvalue weighted by atomic mass is 10.0. The SMILES string of the molecule is CCCCCCCCC(Cc1ccc(Cl)s1)NCC. The second-order valence-electron chi connectivity index (χ2n) is 5.22. The third-order valence-electron chi connectivity index (χ3n) is 3.48. The zero-order valence-corrected chi connectivity index (χ0v) is 14.0. The Labute approximate surface area is 127 Å². The monoisotopic (exact) mass is 301 g/mol. The van der Waals surface area contributed by atoms with Gasteiger partial charge in [0.2, 0.25) is 0 Å². The maximum absolute atomic E-state index is 5.99. The summed E-state index contributed by atoms with van der Waals surface area (Å²) in [6.45, 7) is 5.52. The van der Waals surface area contributed by atoms with Crippen molar-refractivity contribution in [3.8, 4) is 0 Å². The Bertz CT molecular complexity index is 324. The van der Waals surface area contributed by atoms with Crippen molar-refractivity contribution in [1.29, 1.82) is 0 Å². The van der Waals surface area contributed by atoms with Crippen molar-refractivity contribution in [3.63, 3.8) is 0 Å². The van der Waals surface area contributed by atoms with Crippen LogP contribution < -0.4 is 5.32 Å². The van der Waals surface area contributed by atoms with Crippen molar-refractivity contribution in [2.45, 2.75) is 71.3 Å². The summed E-state index contributed by atoms with van der Waals surface area (Å²) in [5, 5.41) is 3.61. The maximum Gasteiger partial charge on any atom is 0.0931 e. The van der Waals surface area contributed by atoms with E-state index in [1.54, 1.807) is 11.3 Å². The van der Waals surface area contributed by atoms with Gasteiger partial charge < -0.3 is 5.32 Å². The standard InChI is InChI=1S/C16H28ClNS/c1-3-5-6-7-8-9-10-14(18-4-2)13-15-11-12-16(17)19-15/h11-12,14,18H,3-10,13H2,1-2H3. The average Bonchev–Trinajstić information content (AvgIpc) is 2.79. The largest absolute Gasteiger partial charge is 0.314 e. The smallest absolute Gasteiger partial charge is 0.0931 e. The van der Waals surface area contributed by atoms with Gasteiger partial charge in [0.05, 0.1) is 4.34 Å². The molecule has 0 saturated carbocycles. The molecule has 1 atom stereocenters. The molecule has 0 aliphatic rings. The van der Waals surface area contributed by atoms with E-state index in [-0.39, 0.29) is 0 Å². The molecule has 0 fully saturated rings. The Morgan fingerprint density at radius 3 is 2.47 bits per heavy atom. The van der Waals surface area contributed by atoms with Gasteiger partial charge in [0, 0.05) is 10.9 Å². The normalized spacial score (nSPS) is 12.8. The van der Waals surface area contributed by atoms with Crippen molar-refractivity contribution in [1.82, 2.24) is 5.32 Å². The predicted octanol–water partition coefficient (Wildman–Crippen LogP) is 5.67. The minimum atomic E-state index is 0.617. The number of rotatable bonds is 11. The van der Waals surface area contributed by atoms with Crippen molar-refractivity contribution in [3.05, 3.63) is 21.3 Å². The van der Waals surface area contributed by atoms with Crippen molar-refractivity contribution in [2.75, 3.05) is 6.54 Å². The number of likely N-dealkylation sites (N-methyl/N-ethyl adjacent to an activating group) is 1. The van der Waals surface area contributed by atoms with Gasteiger partial charge in [-0.3, -0.25) is 0 Å². The lowest BCUT2D eigenvalue weighted by Crippen LogP contribution is -2.30. The zero-order chi connectivity index (χ0) is 13.9. The minimum absolute atomic E-state index is 0.617. The first kappa shape index (κ1) is 17.0. The Morgan fingerprint density at radius 1 is 1.11 bits per heavy atom. The molecule has 0 radical (unpaired) electrons. The molecule has 0 amide bonds. The number of hydrogen-bond donors (Lipinski definition) is 1. The molecule has 0 aliphatic carbocycles. The Morgan fingerprint density at radius 2 is 1.84 bits per heavy atom. The third-order valence-corrected chi connectivity index (χ3v) is 4.73. The van der Waals surface area contributed by atoms with Crippen LogP contribution in [0.5, 0.6) is 0 Å². The van der Waals surface area contributed by atoms with Crippen LogP contribution in [-0.2, 0) is 6.42 Å². The molecule has 0 aliphatic heterocycles. The molecule has 0 bridgehead atoms. The van der Waals surface area contributed by atoms with Crippen molar-refractivity contribution < 1.29 is 0 Å². The number of hydrogen-bond acceptors (Lipinski definition) is 2. The van der Waals surface area contributed by atoms with Gasteiger partial charge in [-0.2, -0.15) is 0 Å². The number of halogens is 1. The van der Waals surface area contributed by atoms with E-state index >= 15 is 0 Å². The third kappa shape index (κ3) is 7.96. The van der Waals surface area contributed by atoms with E-state index in [1.165, 1.54) is 49.8 Å². The predicted molar refractivity (Wildman–Crippen MR) is 88.5 cm³/mol. The molecular formula is C16H28ClNS. The van der Waals surface area contributed by atoms with Crippen LogP contribution in [0.3, 0.4) is 0 Å². The van der Waals surface area contributed by atoms with E-state index in [0.717, 1.165) is 17.3 Å². The van der Waals surface area contributed by atoms with Crippen molar-refractivity contribution in [2.24, 2.45) is 0 Å². The molecule has 0 saturated heterocycles. The van der Waals surface area contributed by atoms with Crippen LogP contribution >= 0.6 is 22.9 Å². The van der Waals surface area contributed by atoms with Gasteiger partial charge in [-0.1, -0.05) is 64.0 Å². The van der Waals surface area contributed by atoms with Gasteiger partial charge in [-0.25, -0.2) is 0 Å². The van der Waals surface area contributed by atoms with E-state index in [1.807, 2.05) is 6.07 Å². The summed E-state index contributed by atoms with van der Waals surface area (Å²) in [5.74, 6) is 0. The Kier molecular flexibility index (Phi) is 9.58. The molecule has 1 heterocycles. The van der Waals surface area contributed by atoms with Gasteiger partial charge >= 0.3 is 0 Å². The molecule has 1 rings (SSSR count). The summed E-state index contributed by atoms with van der Waals surface area (Å²) < 4.78 is 0.907. The van der Waals surface area contributed by atoms with E-state index in [2.05, 4.69) is 25.2 Å². The van der Waals surface area contributed by atoms with Crippen molar-refractivity contribution >= 4 is 22.9 Å². The highest BCUT2D eigenvalue weighted by Gasteiger charge is 2.09. The van der Waals surface area contributed by atoms with E-state index < -0.39 is 0 Å². The number of thiophene rings is 1. The van der Waals surface area contributed by atoms with E-state index in [4.69, 9.17) is 11.6 Å². The highest BCUT2D eigenvalue weighted by Crippen LogP contribution is 2.23. The Balaban J connectivity index is 2.20. The molecule has 3 heteroatoms. The van der Waals surface area contributed by atoms with Crippen LogP contribution in [0, 0.1) is 0 Å². The molecule has 1 N–H and O–H groups in total. The summed E-state index contributed by atoms with van der Waals surface area (Å²) in [7, 11) is 0.